The van der Waals surface area contributed by atoms with E-state index in [4.69, 9.17) is 23.2 Å². The standard InChI is InChI=1S/C25H17Cl2F4N3O4/c1-12-6-7-17(32-23(36)14-8-15(26)22(35)16(27)9-14)20-21(12)33-19(10-28)34(24(20)37)11-13-4-2-3-5-18(13)38-25(29,30)31/h2-9,35H,10-11H2,1H3,(H,32,36). The summed E-state index contributed by atoms with van der Waals surface area (Å²) < 4.78 is 57.6. The summed E-state index contributed by atoms with van der Waals surface area (Å²) >= 11 is 11.8. The molecule has 0 aliphatic rings. The molecule has 0 saturated carbocycles. The molecule has 0 bridgehead atoms. The number of anilines is 1. The maximum Gasteiger partial charge on any atom is 0.573 e. The predicted octanol–water partition coefficient (Wildman–Crippen LogP) is 6.39. The number of phenols is 1. The Kier molecular flexibility index (Phi) is 7.52. The number of hydrogen-bond acceptors (Lipinski definition) is 5. The summed E-state index contributed by atoms with van der Waals surface area (Å²) in [6, 6.07) is 10.5. The number of ether oxygens (including phenoxy) is 1. The molecule has 1 aromatic heterocycles. The number of hydrogen-bond donors (Lipinski definition) is 2. The smallest absolute Gasteiger partial charge is 0.505 e. The van der Waals surface area contributed by atoms with E-state index < -0.39 is 42.5 Å². The Morgan fingerprint density at radius 1 is 1.13 bits per heavy atom. The lowest BCUT2D eigenvalue weighted by Crippen LogP contribution is -2.28. The van der Waals surface area contributed by atoms with Gasteiger partial charge in [0.15, 0.2) is 5.75 Å². The van der Waals surface area contributed by atoms with Crippen molar-refractivity contribution in [3.8, 4) is 11.5 Å². The fourth-order valence-electron chi connectivity index (χ4n) is 3.79. The third kappa shape index (κ3) is 5.53. The average molecular weight is 570 g/mol. The topological polar surface area (TPSA) is 93.5 Å². The fraction of sp³-hybridized carbons (Fsp3) is 0.160. The molecular formula is C25H17Cl2F4N3O4. The molecule has 0 unspecified atom stereocenters. The minimum atomic E-state index is -4.99. The van der Waals surface area contributed by atoms with Crippen LogP contribution in [0.25, 0.3) is 10.9 Å². The van der Waals surface area contributed by atoms with Gasteiger partial charge in [-0.2, -0.15) is 0 Å². The molecule has 198 valence electrons. The number of aromatic nitrogens is 2. The van der Waals surface area contributed by atoms with Crippen LogP contribution in [0.15, 0.2) is 53.3 Å². The van der Waals surface area contributed by atoms with Crippen molar-refractivity contribution in [1.29, 1.82) is 0 Å². The van der Waals surface area contributed by atoms with E-state index in [0.717, 1.165) is 10.6 Å². The van der Waals surface area contributed by atoms with Gasteiger partial charge in [-0.25, -0.2) is 9.37 Å². The molecule has 0 spiro atoms. The van der Waals surface area contributed by atoms with Crippen LogP contribution >= 0.6 is 23.2 Å². The Hall–Kier alpha value is -3.83. The molecule has 13 heteroatoms. The molecule has 0 aliphatic heterocycles. The Balaban J connectivity index is 1.83. The van der Waals surface area contributed by atoms with Gasteiger partial charge in [0, 0.05) is 11.1 Å². The van der Waals surface area contributed by atoms with E-state index in [9.17, 15) is 32.3 Å². The molecular weight excluding hydrogens is 553 g/mol. The summed E-state index contributed by atoms with van der Waals surface area (Å²) in [5, 5.41) is 11.9. The highest BCUT2D eigenvalue weighted by Crippen LogP contribution is 2.33. The van der Waals surface area contributed by atoms with Crippen molar-refractivity contribution >= 4 is 45.7 Å². The molecule has 2 N–H and O–H groups in total. The molecule has 4 aromatic rings. The Labute approximate surface area is 222 Å². The van der Waals surface area contributed by atoms with Gasteiger partial charge in [0.2, 0.25) is 0 Å². The van der Waals surface area contributed by atoms with E-state index in [1.807, 2.05) is 0 Å². The first kappa shape index (κ1) is 27.2. The number of benzene rings is 3. The Bertz CT molecular complexity index is 1600. The number of carbonyl (C=O) groups excluding carboxylic acids is 1. The molecule has 0 fully saturated rings. The fourth-order valence-corrected chi connectivity index (χ4v) is 4.27. The van der Waals surface area contributed by atoms with Crippen molar-refractivity contribution in [1.82, 2.24) is 9.55 Å². The van der Waals surface area contributed by atoms with Gasteiger partial charge in [-0.1, -0.05) is 47.5 Å². The number of fused-ring (bicyclic) bond motifs is 1. The number of nitrogens with one attached hydrogen (secondary N) is 1. The first-order chi connectivity index (χ1) is 17.9. The number of halogens is 6. The molecule has 0 radical (unpaired) electrons. The minimum absolute atomic E-state index is 0.00686. The van der Waals surface area contributed by atoms with Crippen molar-refractivity contribution in [2.75, 3.05) is 5.32 Å². The summed E-state index contributed by atoms with van der Waals surface area (Å²) in [7, 11) is 0. The molecule has 7 nitrogen and oxygen atoms in total. The van der Waals surface area contributed by atoms with Crippen LogP contribution in [0.5, 0.6) is 11.5 Å². The van der Waals surface area contributed by atoms with Crippen molar-refractivity contribution in [3.05, 3.63) is 91.4 Å². The van der Waals surface area contributed by atoms with Gasteiger partial charge in [0.1, 0.15) is 18.2 Å². The minimum Gasteiger partial charge on any atom is -0.505 e. The lowest BCUT2D eigenvalue weighted by atomic mass is 10.1. The zero-order valence-corrected chi connectivity index (χ0v) is 20.9. The molecule has 0 aliphatic carbocycles. The quantitative estimate of drug-likeness (QED) is 0.262. The number of nitrogens with zero attached hydrogens (tertiary/aromatic N) is 2. The number of para-hydroxylation sites is 1. The van der Waals surface area contributed by atoms with Gasteiger partial charge in [-0.15, -0.1) is 13.2 Å². The lowest BCUT2D eigenvalue weighted by molar-refractivity contribution is -0.274. The lowest BCUT2D eigenvalue weighted by Gasteiger charge is -2.17. The number of alkyl halides is 4. The maximum absolute atomic E-state index is 14.0. The first-order valence-electron chi connectivity index (χ1n) is 10.8. The number of aryl methyl sites for hydroxylation is 1. The molecule has 1 amide bonds. The number of aromatic hydroxyl groups is 1. The molecule has 1 heterocycles. The third-order valence-corrected chi connectivity index (χ3v) is 6.14. The zero-order chi connectivity index (χ0) is 27.8. The highest BCUT2D eigenvalue weighted by Gasteiger charge is 2.32. The number of phenolic OH excluding ortho intramolecular Hbond substituents is 1. The number of rotatable bonds is 6. The van der Waals surface area contributed by atoms with Crippen LogP contribution in [0.2, 0.25) is 10.0 Å². The van der Waals surface area contributed by atoms with E-state index >= 15 is 0 Å². The Morgan fingerprint density at radius 2 is 1.79 bits per heavy atom. The van der Waals surface area contributed by atoms with E-state index in [1.54, 1.807) is 13.0 Å². The molecule has 38 heavy (non-hydrogen) atoms. The normalized spacial score (nSPS) is 11.6. The number of carbonyl (C=O) groups is 1. The summed E-state index contributed by atoms with van der Waals surface area (Å²) in [6.07, 6.45) is -4.99. The molecule has 3 aromatic carbocycles. The van der Waals surface area contributed by atoms with Crippen LogP contribution in [-0.4, -0.2) is 26.9 Å². The highest BCUT2D eigenvalue weighted by molar-refractivity contribution is 6.37. The SMILES string of the molecule is Cc1ccc(NC(=O)c2cc(Cl)c(O)c(Cl)c2)c2c(=O)n(Cc3ccccc3OC(F)(F)F)c(CF)nc12. The van der Waals surface area contributed by atoms with E-state index in [1.165, 1.54) is 36.4 Å². The first-order valence-corrected chi connectivity index (χ1v) is 11.6. The second-order valence-corrected chi connectivity index (χ2v) is 8.92. The molecule has 0 saturated heterocycles. The van der Waals surface area contributed by atoms with Crippen molar-refractivity contribution in [3.63, 3.8) is 0 Å². The monoisotopic (exact) mass is 569 g/mol. The second-order valence-electron chi connectivity index (χ2n) is 8.10. The maximum atomic E-state index is 14.0. The van der Waals surface area contributed by atoms with Gasteiger partial charge in [-0.05, 0) is 36.8 Å². The van der Waals surface area contributed by atoms with Gasteiger partial charge in [0.25, 0.3) is 11.5 Å². The highest BCUT2D eigenvalue weighted by atomic mass is 35.5. The van der Waals surface area contributed by atoms with Crippen LogP contribution in [0.3, 0.4) is 0 Å². The summed E-state index contributed by atoms with van der Waals surface area (Å²) in [5.41, 5.74) is -0.280. The van der Waals surface area contributed by atoms with Crippen LogP contribution < -0.4 is 15.6 Å². The van der Waals surface area contributed by atoms with Gasteiger partial charge < -0.3 is 15.2 Å². The van der Waals surface area contributed by atoms with Crippen LogP contribution in [0.1, 0.15) is 27.3 Å². The van der Waals surface area contributed by atoms with Crippen molar-refractivity contribution < 1.29 is 32.2 Å². The predicted molar refractivity (Wildman–Crippen MR) is 134 cm³/mol. The second kappa shape index (κ2) is 10.5. The Morgan fingerprint density at radius 3 is 2.42 bits per heavy atom. The summed E-state index contributed by atoms with van der Waals surface area (Å²) in [4.78, 5) is 30.8. The summed E-state index contributed by atoms with van der Waals surface area (Å²) in [5.74, 6) is -2.03. The van der Waals surface area contributed by atoms with Gasteiger partial charge >= 0.3 is 6.36 Å². The van der Waals surface area contributed by atoms with Gasteiger partial charge in [-0.3, -0.25) is 14.2 Å². The van der Waals surface area contributed by atoms with E-state index in [0.29, 0.717) is 5.56 Å². The molecule has 4 rings (SSSR count). The van der Waals surface area contributed by atoms with Crippen molar-refractivity contribution in [2.24, 2.45) is 0 Å². The van der Waals surface area contributed by atoms with Crippen LogP contribution in [0.4, 0.5) is 23.2 Å². The van der Waals surface area contributed by atoms with Crippen LogP contribution in [-0.2, 0) is 13.2 Å². The van der Waals surface area contributed by atoms with Crippen molar-refractivity contribution in [2.45, 2.75) is 26.5 Å². The summed E-state index contributed by atoms with van der Waals surface area (Å²) in [6.45, 7) is -0.0511. The largest absolute Gasteiger partial charge is 0.573 e. The third-order valence-electron chi connectivity index (χ3n) is 5.56. The average Bonchev–Trinajstić information content (AvgIpc) is 2.85. The molecule has 0 atom stereocenters. The number of amides is 1. The van der Waals surface area contributed by atoms with Gasteiger partial charge in [0.05, 0.1) is 33.2 Å². The van der Waals surface area contributed by atoms with Crippen LogP contribution in [0, 0.1) is 6.92 Å². The zero-order valence-electron chi connectivity index (χ0n) is 19.4. The van der Waals surface area contributed by atoms with E-state index in [-0.39, 0.29) is 43.6 Å². The van der Waals surface area contributed by atoms with E-state index in [2.05, 4.69) is 15.0 Å².